The van der Waals surface area contributed by atoms with E-state index in [1.54, 1.807) is 0 Å². The Kier molecular flexibility index (Phi) is 4.23. The van der Waals surface area contributed by atoms with E-state index < -0.39 is 0 Å². The van der Waals surface area contributed by atoms with Crippen molar-refractivity contribution in [3.05, 3.63) is 29.8 Å². The second kappa shape index (κ2) is 5.01. The molecule has 1 aromatic rings. The fourth-order valence-electron chi connectivity index (χ4n) is 1.25. The molecule has 0 aliphatic rings. The molecular weight excluding hydrogens is 287 g/mol. The van der Waals surface area contributed by atoms with Gasteiger partial charge >= 0.3 is 0 Å². The summed E-state index contributed by atoms with van der Waals surface area (Å²) in [6.07, 6.45) is 0. The molecule has 0 saturated carbocycles. The highest BCUT2D eigenvalue weighted by Gasteiger charge is 2.18. The Hall–Kier alpha value is -0.250. The predicted molar refractivity (Wildman–Crippen MR) is 69.5 cm³/mol. The molecule has 14 heavy (non-hydrogen) atoms. The summed E-state index contributed by atoms with van der Waals surface area (Å²) < 4.78 is 6.53. The molecule has 0 aliphatic carbocycles. The van der Waals surface area contributed by atoms with Crippen LogP contribution in [0.4, 0.5) is 0 Å². The smallest absolute Gasteiger partial charge is 0.119 e. The van der Waals surface area contributed by atoms with Gasteiger partial charge in [-0.05, 0) is 30.0 Å². The van der Waals surface area contributed by atoms with Gasteiger partial charge in [-0.2, -0.15) is 0 Å². The zero-order valence-corrected chi connectivity index (χ0v) is 11.2. The molecule has 0 amide bonds. The molecule has 1 rings (SSSR count). The zero-order chi connectivity index (χ0) is 10.6. The van der Waals surface area contributed by atoms with Crippen LogP contribution in [0.5, 0.6) is 5.75 Å². The zero-order valence-electron chi connectivity index (χ0n) is 9.01. The lowest BCUT2D eigenvalue weighted by Gasteiger charge is -2.22. The number of halogens is 1. The molecule has 0 fully saturated rings. The topological polar surface area (TPSA) is 9.23 Å². The highest BCUT2D eigenvalue weighted by Crippen LogP contribution is 2.26. The minimum absolute atomic E-state index is 0.255. The lowest BCUT2D eigenvalue weighted by atomic mass is 9.87. The van der Waals surface area contributed by atoms with Crippen LogP contribution < -0.4 is 4.74 Å². The van der Waals surface area contributed by atoms with E-state index in [-0.39, 0.29) is 5.41 Å². The summed E-state index contributed by atoms with van der Waals surface area (Å²) in [6, 6.07) is 8.41. The molecule has 0 aliphatic heterocycles. The van der Waals surface area contributed by atoms with Crippen molar-refractivity contribution in [3.8, 4) is 5.75 Å². The highest BCUT2D eigenvalue weighted by atomic mass is 127. The highest BCUT2D eigenvalue weighted by molar-refractivity contribution is 14.1. The van der Waals surface area contributed by atoms with Crippen LogP contribution in [0.1, 0.15) is 26.3 Å². The van der Waals surface area contributed by atoms with Crippen LogP contribution in [-0.4, -0.2) is 11.0 Å². The van der Waals surface area contributed by atoms with E-state index in [0.717, 1.165) is 16.8 Å². The number of alkyl halides is 1. The molecule has 1 nitrogen and oxygen atoms in total. The first-order valence-electron chi connectivity index (χ1n) is 4.89. The van der Waals surface area contributed by atoms with Crippen LogP contribution in [-0.2, 0) is 5.41 Å². The number of hydrogen-bond donors (Lipinski definition) is 0. The molecule has 0 radical (unpaired) electrons. The van der Waals surface area contributed by atoms with Gasteiger partial charge in [0.05, 0.1) is 6.61 Å². The van der Waals surface area contributed by atoms with Crippen molar-refractivity contribution in [2.75, 3.05) is 11.0 Å². The van der Waals surface area contributed by atoms with E-state index in [1.165, 1.54) is 5.56 Å². The Morgan fingerprint density at radius 2 is 1.79 bits per heavy atom. The summed E-state index contributed by atoms with van der Waals surface area (Å²) in [6.45, 7) is 7.25. The van der Waals surface area contributed by atoms with E-state index in [0.29, 0.717) is 0 Å². The Bertz CT molecular complexity index is 277. The van der Waals surface area contributed by atoms with Crippen LogP contribution in [0, 0.1) is 0 Å². The molecule has 0 aromatic heterocycles. The van der Waals surface area contributed by atoms with Crippen molar-refractivity contribution in [3.63, 3.8) is 0 Å². The van der Waals surface area contributed by atoms with Crippen LogP contribution in [0.3, 0.4) is 0 Å². The third-order valence-electron chi connectivity index (χ3n) is 2.28. The van der Waals surface area contributed by atoms with E-state index in [2.05, 4.69) is 48.6 Å². The van der Waals surface area contributed by atoms with E-state index in [4.69, 9.17) is 4.74 Å². The van der Waals surface area contributed by atoms with Gasteiger partial charge in [0.25, 0.3) is 0 Å². The molecule has 0 saturated heterocycles. The molecular formula is C12H17IO. The average Bonchev–Trinajstić information content (AvgIpc) is 2.19. The first-order chi connectivity index (χ1) is 6.60. The first kappa shape index (κ1) is 11.8. The normalized spacial score (nSPS) is 11.4. The summed E-state index contributed by atoms with van der Waals surface area (Å²) in [4.78, 5) is 0. The van der Waals surface area contributed by atoms with Crippen LogP contribution in [0.25, 0.3) is 0 Å². The lowest BCUT2D eigenvalue weighted by Crippen LogP contribution is -2.18. The second-order valence-electron chi connectivity index (χ2n) is 3.97. The lowest BCUT2D eigenvalue weighted by molar-refractivity contribution is 0.340. The van der Waals surface area contributed by atoms with Gasteiger partial charge in [-0.3, -0.25) is 0 Å². The van der Waals surface area contributed by atoms with Gasteiger partial charge in [0.15, 0.2) is 0 Å². The predicted octanol–water partition coefficient (Wildman–Crippen LogP) is 3.80. The van der Waals surface area contributed by atoms with Crippen LogP contribution in [0.2, 0.25) is 0 Å². The SMILES string of the molecule is CCOc1ccc(C(C)(C)CI)cc1. The number of hydrogen-bond acceptors (Lipinski definition) is 1. The standard InChI is InChI=1S/C12H17IO/c1-4-14-11-7-5-10(6-8-11)12(2,3)9-13/h5-8H,4,9H2,1-3H3. The summed E-state index contributed by atoms with van der Waals surface area (Å²) in [5.74, 6) is 0.959. The summed E-state index contributed by atoms with van der Waals surface area (Å²) in [7, 11) is 0. The monoisotopic (exact) mass is 304 g/mol. The number of benzene rings is 1. The summed E-state index contributed by atoms with van der Waals surface area (Å²) >= 11 is 2.43. The Morgan fingerprint density at radius 3 is 2.21 bits per heavy atom. The summed E-state index contributed by atoms with van der Waals surface area (Å²) in [5, 5.41) is 0. The van der Waals surface area contributed by atoms with Gasteiger partial charge in [0.2, 0.25) is 0 Å². The molecule has 0 unspecified atom stereocenters. The molecule has 2 heteroatoms. The van der Waals surface area contributed by atoms with Crippen molar-refractivity contribution in [2.24, 2.45) is 0 Å². The third kappa shape index (κ3) is 2.87. The van der Waals surface area contributed by atoms with Crippen molar-refractivity contribution in [1.82, 2.24) is 0 Å². The van der Waals surface area contributed by atoms with Gasteiger partial charge < -0.3 is 4.74 Å². The maximum atomic E-state index is 5.41. The van der Waals surface area contributed by atoms with Gasteiger partial charge in [0.1, 0.15) is 5.75 Å². The van der Waals surface area contributed by atoms with E-state index in [9.17, 15) is 0 Å². The number of ether oxygens (including phenoxy) is 1. The maximum Gasteiger partial charge on any atom is 0.119 e. The van der Waals surface area contributed by atoms with E-state index >= 15 is 0 Å². The van der Waals surface area contributed by atoms with Gasteiger partial charge in [-0.15, -0.1) is 0 Å². The second-order valence-corrected chi connectivity index (χ2v) is 4.74. The van der Waals surface area contributed by atoms with Gasteiger partial charge in [-0.1, -0.05) is 48.6 Å². The molecule has 0 N–H and O–H groups in total. The third-order valence-corrected chi connectivity index (χ3v) is 4.19. The Morgan fingerprint density at radius 1 is 1.21 bits per heavy atom. The van der Waals surface area contributed by atoms with Crippen molar-refractivity contribution in [1.29, 1.82) is 0 Å². The molecule has 0 spiro atoms. The quantitative estimate of drug-likeness (QED) is 0.607. The van der Waals surface area contributed by atoms with Crippen LogP contribution >= 0.6 is 22.6 Å². The van der Waals surface area contributed by atoms with Crippen molar-refractivity contribution in [2.45, 2.75) is 26.2 Å². The molecule has 0 bridgehead atoms. The maximum absolute atomic E-state index is 5.41. The number of rotatable bonds is 4. The molecule has 0 heterocycles. The Labute approximate surface area is 100.0 Å². The minimum Gasteiger partial charge on any atom is -0.494 e. The Balaban J connectivity index is 2.82. The first-order valence-corrected chi connectivity index (χ1v) is 6.42. The van der Waals surface area contributed by atoms with Gasteiger partial charge in [-0.25, -0.2) is 0 Å². The van der Waals surface area contributed by atoms with Crippen molar-refractivity contribution < 1.29 is 4.74 Å². The fourth-order valence-corrected chi connectivity index (χ4v) is 1.69. The van der Waals surface area contributed by atoms with E-state index in [1.807, 2.05) is 19.1 Å². The molecule has 0 atom stereocenters. The fraction of sp³-hybridized carbons (Fsp3) is 0.500. The molecule has 78 valence electrons. The summed E-state index contributed by atoms with van der Waals surface area (Å²) in [5.41, 5.74) is 1.63. The van der Waals surface area contributed by atoms with Crippen LogP contribution in [0.15, 0.2) is 24.3 Å². The largest absolute Gasteiger partial charge is 0.494 e. The van der Waals surface area contributed by atoms with Gasteiger partial charge in [0, 0.05) is 4.43 Å². The molecule has 1 aromatic carbocycles. The average molecular weight is 304 g/mol. The van der Waals surface area contributed by atoms with Crippen molar-refractivity contribution >= 4 is 22.6 Å². The minimum atomic E-state index is 0.255.